The molecule has 0 aromatic heterocycles. The van der Waals surface area contributed by atoms with E-state index in [1.807, 2.05) is 12.1 Å². The van der Waals surface area contributed by atoms with E-state index < -0.39 is 17.7 Å². The number of aliphatic hydroxyl groups excluding tert-OH is 1. The van der Waals surface area contributed by atoms with E-state index in [0.29, 0.717) is 16.7 Å². The minimum Gasteiger partial charge on any atom is -0.409 e. The second-order valence-electron chi connectivity index (χ2n) is 5.72. The van der Waals surface area contributed by atoms with Gasteiger partial charge < -0.3 is 16.0 Å². The van der Waals surface area contributed by atoms with Gasteiger partial charge in [0.1, 0.15) is 6.10 Å². The molecule has 0 aliphatic carbocycles. The van der Waals surface area contributed by atoms with Gasteiger partial charge in [-0.1, -0.05) is 96.2 Å². The summed E-state index contributed by atoms with van der Waals surface area (Å²) < 4.78 is 0. The van der Waals surface area contributed by atoms with Crippen molar-refractivity contribution in [3.05, 3.63) is 108 Å². The van der Waals surface area contributed by atoms with E-state index in [1.54, 1.807) is 78.9 Å². The lowest BCUT2D eigenvalue weighted by Gasteiger charge is -2.09. The Labute approximate surface area is 162 Å². The maximum absolute atomic E-state index is 11.9. The minimum absolute atomic E-state index is 0.271. The number of nitrogens with two attached hydrogens (primary N) is 1. The van der Waals surface area contributed by atoms with E-state index in [0.717, 1.165) is 0 Å². The van der Waals surface area contributed by atoms with E-state index in [4.69, 9.17) is 10.9 Å². The second-order valence-corrected chi connectivity index (χ2v) is 5.72. The lowest BCUT2D eigenvalue weighted by molar-refractivity contribution is 0.0747. The maximum Gasteiger partial charge on any atom is 0.231 e. The molecular formula is C22H20N2O4. The molecule has 0 aliphatic heterocycles. The van der Waals surface area contributed by atoms with Gasteiger partial charge in [0, 0.05) is 11.1 Å². The quantitative estimate of drug-likeness (QED) is 0.208. The molecule has 0 saturated heterocycles. The number of amidine groups is 1. The number of nitrogens with zero attached hydrogens (tertiary/aromatic N) is 1. The molecule has 3 aromatic rings. The highest BCUT2D eigenvalue weighted by Crippen LogP contribution is 2.17. The van der Waals surface area contributed by atoms with Crippen molar-refractivity contribution < 1.29 is 19.9 Å². The maximum atomic E-state index is 11.9. The van der Waals surface area contributed by atoms with Gasteiger partial charge in [-0.2, -0.15) is 0 Å². The van der Waals surface area contributed by atoms with E-state index in [-0.39, 0.29) is 5.78 Å². The number of hydrogen-bond donors (Lipinski definition) is 3. The summed E-state index contributed by atoms with van der Waals surface area (Å²) in [5.74, 6) is -1.15. The predicted molar refractivity (Wildman–Crippen MR) is 106 cm³/mol. The molecule has 0 fully saturated rings. The van der Waals surface area contributed by atoms with Crippen molar-refractivity contribution in [2.75, 3.05) is 0 Å². The molecule has 28 heavy (non-hydrogen) atoms. The van der Waals surface area contributed by atoms with E-state index in [9.17, 15) is 14.7 Å². The number of aliphatic hydroxyl groups is 1. The van der Waals surface area contributed by atoms with Crippen LogP contribution in [0.25, 0.3) is 0 Å². The Bertz CT molecular complexity index is 927. The summed E-state index contributed by atoms with van der Waals surface area (Å²) in [6.45, 7) is 0. The van der Waals surface area contributed by atoms with Crippen LogP contribution in [0, 0.1) is 0 Å². The van der Waals surface area contributed by atoms with Crippen LogP contribution in [0.15, 0.2) is 96.2 Å². The van der Waals surface area contributed by atoms with Crippen molar-refractivity contribution in [3.8, 4) is 0 Å². The fraction of sp³-hybridized carbons (Fsp3) is 0.0455. The molecule has 3 rings (SSSR count). The third kappa shape index (κ3) is 5.62. The molecule has 0 aliphatic rings. The van der Waals surface area contributed by atoms with Gasteiger partial charge >= 0.3 is 0 Å². The Morgan fingerprint density at radius 2 is 1.18 bits per heavy atom. The highest BCUT2D eigenvalue weighted by atomic mass is 16.4. The number of carbonyl (C=O) groups is 2. The number of carbonyl (C=O) groups excluding carboxylic acids is 2. The predicted octanol–water partition coefficient (Wildman–Crippen LogP) is 3.22. The minimum atomic E-state index is -1.08. The van der Waals surface area contributed by atoms with Crippen LogP contribution < -0.4 is 5.73 Å². The smallest absolute Gasteiger partial charge is 0.231 e. The molecule has 0 heterocycles. The van der Waals surface area contributed by atoms with Crippen molar-refractivity contribution in [1.29, 1.82) is 0 Å². The summed E-state index contributed by atoms with van der Waals surface area (Å²) in [5.41, 5.74) is 6.66. The Morgan fingerprint density at radius 3 is 1.64 bits per heavy atom. The van der Waals surface area contributed by atoms with Gasteiger partial charge in [0.15, 0.2) is 5.78 Å². The Balaban J connectivity index is 0.000000209. The van der Waals surface area contributed by atoms with Gasteiger partial charge in [-0.25, -0.2) is 0 Å². The number of benzene rings is 3. The van der Waals surface area contributed by atoms with Gasteiger partial charge in [0.05, 0.1) is 0 Å². The standard InChI is InChI=1S/C14H12O2.C8H8N2O2/c15-13(11-7-3-1-4-8-11)14(16)12-9-5-2-6-10-12;9-8(10-12)7(11)6-4-2-1-3-5-6/h1-10,13,15H;1-5,12H,(H2,9,10). The lowest BCUT2D eigenvalue weighted by Crippen LogP contribution is -2.23. The molecule has 4 N–H and O–H groups in total. The first kappa shape index (κ1) is 20.5. The zero-order valence-corrected chi connectivity index (χ0v) is 15.0. The van der Waals surface area contributed by atoms with Crippen LogP contribution in [0.4, 0.5) is 0 Å². The summed E-state index contributed by atoms with van der Waals surface area (Å²) in [4.78, 5) is 23.1. The molecule has 6 nitrogen and oxygen atoms in total. The Hall–Kier alpha value is -3.77. The van der Waals surface area contributed by atoms with Crippen LogP contribution in [0.1, 0.15) is 32.4 Å². The van der Waals surface area contributed by atoms with Crippen LogP contribution in [0.2, 0.25) is 0 Å². The highest BCUT2D eigenvalue weighted by molar-refractivity contribution is 6.44. The third-order valence-corrected chi connectivity index (χ3v) is 3.80. The molecular weight excluding hydrogens is 356 g/mol. The number of rotatable bonds is 5. The summed E-state index contributed by atoms with van der Waals surface area (Å²) in [6.07, 6.45) is -1.08. The molecule has 0 bridgehead atoms. The Morgan fingerprint density at radius 1 is 0.750 bits per heavy atom. The third-order valence-electron chi connectivity index (χ3n) is 3.80. The number of ketones is 2. The average molecular weight is 376 g/mol. The van der Waals surface area contributed by atoms with Crippen LogP contribution in [-0.4, -0.2) is 27.7 Å². The topological polar surface area (TPSA) is 113 Å². The molecule has 3 aromatic carbocycles. The number of hydrogen-bond acceptors (Lipinski definition) is 5. The Kier molecular flexibility index (Phi) is 7.63. The van der Waals surface area contributed by atoms with E-state index in [2.05, 4.69) is 5.16 Å². The van der Waals surface area contributed by atoms with Crippen molar-refractivity contribution >= 4 is 17.4 Å². The molecule has 0 spiro atoms. The number of Topliss-reactive ketones (excluding diaryl/α,β-unsaturated/α-hetero) is 2. The average Bonchev–Trinajstić information content (AvgIpc) is 2.79. The van der Waals surface area contributed by atoms with E-state index in [1.165, 1.54) is 0 Å². The first-order valence-corrected chi connectivity index (χ1v) is 8.44. The number of oxime groups is 1. The van der Waals surface area contributed by atoms with Gasteiger partial charge in [-0.05, 0) is 5.56 Å². The van der Waals surface area contributed by atoms with Crippen LogP contribution in [0.3, 0.4) is 0 Å². The molecule has 6 heteroatoms. The van der Waals surface area contributed by atoms with Crippen molar-refractivity contribution in [1.82, 2.24) is 0 Å². The SMILES string of the molecule is NC(=NO)C(=O)c1ccccc1.O=C(c1ccccc1)C(O)c1ccccc1. The monoisotopic (exact) mass is 376 g/mol. The van der Waals surface area contributed by atoms with Crippen LogP contribution in [-0.2, 0) is 0 Å². The first-order valence-electron chi connectivity index (χ1n) is 8.44. The molecule has 1 unspecified atom stereocenters. The molecule has 0 saturated carbocycles. The molecule has 1 atom stereocenters. The summed E-state index contributed by atoms with van der Waals surface area (Å²) in [6, 6.07) is 26.1. The summed E-state index contributed by atoms with van der Waals surface area (Å²) in [7, 11) is 0. The van der Waals surface area contributed by atoms with Crippen molar-refractivity contribution in [2.45, 2.75) is 6.10 Å². The lowest BCUT2D eigenvalue weighted by atomic mass is 10.0. The zero-order valence-electron chi connectivity index (χ0n) is 15.0. The van der Waals surface area contributed by atoms with Crippen molar-refractivity contribution in [2.24, 2.45) is 10.9 Å². The fourth-order valence-corrected chi connectivity index (χ4v) is 2.33. The van der Waals surface area contributed by atoms with Gasteiger partial charge in [0.25, 0.3) is 0 Å². The highest BCUT2D eigenvalue weighted by Gasteiger charge is 2.18. The second kappa shape index (κ2) is 10.4. The summed E-state index contributed by atoms with van der Waals surface area (Å²) >= 11 is 0. The molecule has 0 radical (unpaired) electrons. The zero-order chi connectivity index (χ0) is 20.4. The molecule has 142 valence electrons. The largest absolute Gasteiger partial charge is 0.409 e. The van der Waals surface area contributed by atoms with Crippen LogP contribution in [0.5, 0.6) is 0 Å². The van der Waals surface area contributed by atoms with Gasteiger partial charge in [-0.3, -0.25) is 9.59 Å². The van der Waals surface area contributed by atoms with E-state index >= 15 is 0 Å². The van der Waals surface area contributed by atoms with Crippen molar-refractivity contribution in [3.63, 3.8) is 0 Å². The molecule has 0 amide bonds. The normalized spacial score (nSPS) is 11.7. The van der Waals surface area contributed by atoms with Gasteiger partial charge in [0.2, 0.25) is 11.6 Å². The first-order chi connectivity index (χ1) is 13.5. The van der Waals surface area contributed by atoms with Crippen LogP contribution >= 0.6 is 0 Å². The fourth-order valence-electron chi connectivity index (χ4n) is 2.33. The summed E-state index contributed by atoms with van der Waals surface area (Å²) in [5, 5.41) is 20.7. The van der Waals surface area contributed by atoms with Gasteiger partial charge in [-0.15, -0.1) is 0 Å².